The van der Waals surface area contributed by atoms with Crippen molar-refractivity contribution in [2.45, 2.75) is 50.0 Å². The summed E-state index contributed by atoms with van der Waals surface area (Å²) in [6.07, 6.45) is 7.05. The first-order valence-electron chi connectivity index (χ1n) is 15.1. The van der Waals surface area contributed by atoms with Crippen LogP contribution in [0.5, 0.6) is 5.75 Å². The van der Waals surface area contributed by atoms with Crippen molar-refractivity contribution >= 4 is 45.8 Å². The maximum absolute atomic E-state index is 11.7. The topological polar surface area (TPSA) is 80.7 Å². The Morgan fingerprint density at radius 1 is 1.11 bits per heavy atom. The first kappa shape index (κ1) is 27.6. The quantitative estimate of drug-likeness (QED) is 0.195. The molecule has 3 aliphatic rings. The maximum Gasteiger partial charge on any atom is 0.337 e. The number of halogens is 2. The Morgan fingerprint density at radius 2 is 1.93 bits per heavy atom. The number of aryl methyl sites for hydroxylation is 2. The van der Waals surface area contributed by atoms with E-state index in [0.29, 0.717) is 39.4 Å². The number of hydrogen-bond acceptors (Lipinski definition) is 5. The van der Waals surface area contributed by atoms with Crippen molar-refractivity contribution in [3.63, 3.8) is 0 Å². The maximum atomic E-state index is 11.7. The van der Waals surface area contributed by atoms with Crippen LogP contribution in [0.15, 0.2) is 65.3 Å². The zero-order chi connectivity index (χ0) is 30.2. The summed E-state index contributed by atoms with van der Waals surface area (Å²) in [5, 5.41) is 15.8. The zero-order valence-electron chi connectivity index (χ0n) is 24.3. The molecule has 0 bridgehead atoms. The minimum absolute atomic E-state index is 0.0523. The number of aromatic nitrogens is 2. The summed E-state index contributed by atoms with van der Waals surface area (Å²) in [7, 11) is 1.90. The number of aromatic carboxylic acids is 1. The van der Waals surface area contributed by atoms with Gasteiger partial charge >= 0.3 is 5.97 Å². The van der Waals surface area contributed by atoms with Crippen molar-refractivity contribution in [1.82, 2.24) is 9.72 Å². The largest absolute Gasteiger partial charge is 0.489 e. The molecule has 224 valence electrons. The lowest BCUT2D eigenvalue weighted by Gasteiger charge is -2.27. The second-order valence-corrected chi connectivity index (χ2v) is 13.3. The van der Waals surface area contributed by atoms with Gasteiger partial charge in [0.15, 0.2) is 0 Å². The predicted octanol–water partition coefficient (Wildman–Crippen LogP) is 8.39. The summed E-state index contributed by atoms with van der Waals surface area (Å²) in [4.78, 5) is 14.1. The second kappa shape index (κ2) is 10.3. The fraction of sp³-hybridized carbons (Fsp3) is 0.314. The molecular formula is C35H31Cl2N3O4. The summed E-state index contributed by atoms with van der Waals surface area (Å²) >= 11 is 13.1. The fourth-order valence-electron chi connectivity index (χ4n) is 7.33. The number of anilines is 1. The molecule has 1 N–H and O–H groups in total. The van der Waals surface area contributed by atoms with Gasteiger partial charge in [0.2, 0.25) is 0 Å². The van der Waals surface area contributed by atoms with Crippen LogP contribution in [0.3, 0.4) is 0 Å². The molecule has 1 aliphatic heterocycles. The van der Waals surface area contributed by atoms with Crippen LogP contribution in [0, 0.1) is 0 Å². The third-order valence-electron chi connectivity index (χ3n) is 9.80. The van der Waals surface area contributed by atoms with Crippen LogP contribution in [-0.4, -0.2) is 33.9 Å². The number of ether oxygens (including phenoxy) is 1. The summed E-state index contributed by atoms with van der Waals surface area (Å²) in [6, 6.07) is 18.1. The highest BCUT2D eigenvalue weighted by Crippen LogP contribution is 2.49. The number of fused-ring (bicyclic) bond motifs is 3. The molecular weight excluding hydrogens is 597 g/mol. The van der Waals surface area contributed by atoms with E-state index in [4.69, 9.17) is 32.5 Å². The van der Waals surface area contributed by atoms with Gasteiger partial charge in [-0.15, -0.1) is 0 Å². The van der Waals surface area contributed by atoms with Gasteiger partial charge in [0.25, 0.3) is 0 Å². The molecule has 1 saturated heterocycles. The molecule has 7 nitrogen and oxygen atoms in total. The molecule has 9 heteroatoms. The average molecular weight is 629 g/mol. The Kier molecular flexibility index (Phi) is 6.47. The molecule has 3 heterocycles. The van der Waals surface area contributed by atoms with E-state index in [1.54, 1.807) is 6.20 Å². The Balaban J connectivity index is 1.06. The van der Waals surface area contributed by atoms with Crippen molar-refractivity contribution in [3.05, 3.63) is 98.9 Å². The van der Waals surface area contributed by atoms with Gasteiger partial charge in [-0.3, -0.25) is 0 Å². The Morgan fingerprint density at radius 3 is 2.70 bits per heavy atom. The van der Waals surface area contributed by atoms with Crippen LogP contribution in [-0.2, 0) is 25.5 Å². The van der Waals surface area contributed by atoms with Gasteiger partial charge in [0, 0.05) is 54.3 Å². The molecule has 8 rings (SSSR count). The minimum atomic E-state index is -0.902. The van der Waals surface area contributed by atoms with Crippen LogP contribution >= 0.6 is 23.2 Å². The van der Waals surface area contributed by atoms with E-state index < -0.39 is 5.97 Å². The zero-order valence-corrected chi connectivity index (χ0v) is 25.8. The molecule has 5 aromatic rings. The van der Waals surface area contributed by atoms with Gasteiger partial charge in [-0.05, 0) is 85.7 Å². The monoisotopic (exact) mass is 627 g/mol. The van der Waals surface area contributed by atoms with Crippen LogP contribution in [0.2, 0.25) is 10.0 Å². The Labute approximate surface area is 264 Å². The first-order valence-corrected chi connectivity index (χ1v) is 15.8. The van der Waals surface area contributed by atoms with Gasteiger partial charge in [0.05, 0.1) is 26.7 Å². The lowest BCUT2D eigenvalue weighted by atomic mass is 9.81. The van der Waals surface area contributed by atoms with Gasteiger partial charge in [-0.2, -0.15) is 0 Å². The highest BCUT2D eigenvalue weighted by molar-refractivity contribution is 6.39. The molecule has 1 unspecified atom stereocenters. The molecule has 1 saturated carbocycles. The molecule has 1 spiro atoms. The highest BCUT2D eigenvalue weighted by atomic mass is 35.5. The summed E-state index contributed by atoms with van der Waals surface area (Å²) in [6.45, 7) is 2.18. The van der Waals surface area contributed by atoms with Crippen LogP contribution in [0.4, 0.5) is 5.69 Å². The van der Waals surface area contributed by atoms with Crippen molar-refractivity contribution in [2.24, 2.45) is 7.05 Å². The molecule has 0 radical (unpaired) electrons. The molecule has 0 amide bonds. The van der Waals surface area contributed by atoms with Crippen molar-refractivity contribution in [2.75, 3.05) is 18.0 Å². The third-order valence-corrected chi connectivity index (χ3v) is 10.4. The van der Waals surface area contributed by atoms with Gasteiger partial charge in [-0.1, -0.05) is 40.5 Å². The standard InChI is InChI=1S/C35H31Cl2N3O4/c1-39-17-25(34(41)42)24-10-8-22(15-30(24)39)40-14-13-35(19-40)12-11-20-7-9-23(16-27(20)35)43-18-26-32(38-44-33(26)21-5-6-21)31-28(36)3-2-4-29(31)37/h2-4,7-10,15-17,21H,5-6,11-14,18-19H2,1H3,(H,41,42). The molecule has 2 aliphatic carbocycles. The lowest BCUT2D eigenvalue weighted by molar-refractivity contribution is 0.0699. The highest BCUT2D eigenvalue weighted by Gasteiger charge is 2.44. The smallest absolute Gasteiger partial charge is 0.337 e. The minimum Gasteiger partial charge on any atom is -0.489 e. The van der Waals surface area contributed by atoms with Crippen LogP contribution in [0.1, 0.15) is 64.4 Å². The van der Waals surface area contributed by atoms with E-state index in [-0.39, 0.29) is 5.41 Å². The van der Waals surface area contributed by atoms with E-state index in [0.717, 1.165) is 78.9 Å². The van der Waals surface area contributed by atoms with E-state index in [1.807, 2.05) is 35.9 Å². The number of hydrogen-bond donors (Lipinski definition) is 1. The normalized spacial score (nSPS) is 19.3. The number of carbonyl (C=O) groups is 1. The molecule has 3 aromatic carbocycles. The van der Waals surface area contributed by atoms with E-state index in [2.05, 4.69) is 40.4 Å². The second-order valence-electron chi connectivity index (χ2n) is 12.5. The number of benzene rings is 3. The van der Waals surface area contributed by atoms with Gasteiger partial charge in [-0.25, -0.2) is 4.79 Å². The van der Waals surface area contributed by atoms with Crippen molar-refractivity contribution in [1.29, 1.82) is 0 Å². The Bertz CT molecular complexity index is 1940. The SMILES string of the molecule is Cn1cc(C(=O)O)c2ccc(N3CCC4(CCc5ccc(OCc6c(-c7c(Cl)cccc7Cl)noc6C6CC6)cc54)C3)cc21. The van der Waals surface area contributed by atoms with Crippen LogP contribution in [0.25, 0.3) is 22.2 Å². The number of carboxylic acid groups (broad SMARTS) is 1. The van der Waals surface area contributed by atoms with E-state index in [1.165, 1.54) is 11.1 Å². The summed E-state index contributed by atoms with van der Waals surface area (Å²) in [5.41, 5.74) is 7.43. The van der Waals surface area contributed by atoms with Crippen LogP contribution < -0.4 is 9.64 Å². The van der Waals surface area contributed by atoms with Gasteiger partial charge < -0.3 is 23.8 Å². The molecule has 44 heavy (non-hydrogen) atoms. The molecule has 2 aromatic heterocycles. The van der Waals surface area contributed by atoms with Crippen molar-refractivity contribution in [3.8, 4) is 17.0 Å². The van der Waals surface area contributed by atoms with Gasteiger partial charge in [0.1, 0.15) is 23.8 Å². The number of rotatable bonds is 7. The predicted molar refractivity (Wildman–Crippen MR) is 171 cm³/mol. The average Bonchev–Trinajstić information content (AvgIpc) is 3.33. The molecule has 1 atom stereocenters. The van der Waals surface area contributed by atoms with E-state index in [9.17, 15) is 9.90 Å². The third kappa shape index (κ3) is 4.48. The van der Waals surface area contributed by atoms with E-state index >= 15 is 0 Å². The number of carboxylic acids is 1. The Hall–Kier alpha value is -3.94. The lowest BCUT2D eigenvalue weighted by Crippen LogP contribution is -2.29. The molecule has 2 fully saturated rings. The number of nitrogens with zero attached hydrogens (tertiary/aromatic N) is 3. The first-order chi connectivity index (χ1) is 21.3. The fourth-order valence-corrected chi connectivity index (χ4v) is 7.90. The summed E-state index contributed by atoms with van der Waals surface area (Å²) < 4.78 is 14.2. The van der Waals surface area contributed by atoms with Crippen molar-refractivity contribution < 1.29 is 19.2 Å². The summed E-state index contributed by atoms with van der Waals surface area (Å²) in [5.74, 6) is 1.15.